The number of rotatable bonds is 8. The van der Waals surface area contributed by atoms with Crippen molar-refractivity contribution in [3.8, 4) is 23.0 Å². The lowest BCUT2D eigenvalue weighted by atomic mass is 10.0. The summed E-state index contributed by atoms with van der Waals surface area (Å²) in [5, 5.41) is 8.58. The first kappa shape index (κ1) is 19.8. The molecule has 2 aromatic rings. The van der Waals surface area contributed by atoms with E-state index in [9.17, 15) is 4.79 Å². The Bertz CT molecular complexity index is 907. The normalized spacial score (nSPS) is 16.3. The van der Waals surface area contributed by atoms with Crippen LogP contribution in [0.15, 0.2) is 39.6 Å². The third kappa shape index (κ3) is 4.58. The van der Waals surface area contributed by atoms with E-state index in [0.29, 0.717) is 34.2 Å². The van der Waals surface area contributed by atoms with Crippen LogP contribution in [-0.4, -0.2) is 47.0 Å². The Morgan fingerprint density at radius 2 is 2.10 bits per heavy atom. The van der Waals surface area contributed by atoms with Gasteiger partial charge in [0.15, 0.2) is 0 Å². The van der Waals surface area contributed by atoms with Crippen molar-refractivity contribution >= 4 is 17.7 Å². The SMILES string of the molecule is COc1ccc(-c2nnc(SCC(=O)N(C3=CCCCC3)C3CC3)o2)c(OC)c1. The summed E-state index contributed by atoms with van der Waals surface area (Å²) in [5.74, 6) is 2.03. The van der Waals surface area contributed by atoms with Gasteiger partial charge in [0.25, 0.3) is 11.1 Å². The maximum absolute atomic E-state index is 12.9. The van der Waals surface area contributed by atoms with Gasteiger partial charge in [-0.15, -0.1) is 10.2 Å². The Balaban J connectivity index is 1.43. The van der Waals surface area contributed by atoms with Gasteiger partial charge in [-0.25, -0.2) is 0 Å². The predicted octanol–water partition coefficient (Wildman–Crippen LogP) is 4.29. The Morgan fingerprint density at radius 1 is 1.24 bits per heavy atom. The topological polar surface area (TPSA) is 77.7 Å². The Kier molecular flexibility index (Phi) is 6.08. The van der Waals surface area contributed by atoms with Gasteiger partial charge < -0.3 is 18.8 Å². The van der Waals surface area contributed by atoms with Crippen molar-refractivity contribution in [1.29, 1.82) is 0 Å². The van der Waals surface area contributed by atoms with E-state index in [-0.39, 0.29) is 11.7 Å². The molecule has 1 fully saturated rings. The van der Waals surface area contributed by atoms with Crippen LogP contribution in [0.3, 0.4) is 0 Å². The van der Waals surface area contributed by atoms with Crippen LogP contribution in [0.2, 0.25) is 0 Å². The predicted molar refractivity (Wildman–Crippen MR) is 110 cm³/mol. The van der Waals surface area contributed by atoms with Crippen molar-refractivity contribution in [3.63, 3.8) is 0 Å². The van der Waals surface area contributed by atoms with Gasteiger partial charge in [0.05, 0.1) is 25.5 Å². The number of ether oxygens (including phenoxy) is 2. The molecule has 1 aromatic carbocycles. The van der Waals surface area contributed by atoms with Crippen LogP contribution in [0.1, 0.15) is 38.5 Å². The van der Waals surface area contributed by atoms with E-state index in [1.807, 2.05) is 17.0 Å². The van der Waals surface area contributed by atoms with Crippen molar-refractivity contribution in [2.24, 2.45) is 0 Å². The first-order chi connectivity index (χ1) is 14.2. The van der Waals surface area contributed by atoms with Crippen LogP contribution in [0, 0.1) is 0 Å². The van der Waals surface area contributed by atoms with Gasteiger partial charge in [-0.05, 0) is 50.7 Å². The van der Waals surface area contributed by atoms with E-state index < -0.39 is 0 Å². The number of benzene rings is 1. The lowest BCUT2D eigenvalue weighted by Crippen LogP contribution is -2.34. The second-order valence-electron chi connectivity index (χ2n) is 7.16. The van der Waals surface area contributed by atoms with Gasteiger partial charge in [0.2, 0.25) is 5.91 Å². The highest BCUT2D eigenvalue weighted by Gasteiger charge is 2.35. The molecule has 0 spiro atoms. The van der Waals surface area contributed by atoms with Crippen molar-refractivity contribution in [3.05, 3.63) is 30.0 Å². The van der Waals surface area contributed by atoms with E-state index in [1.165, 1.54) is 23.9 Å². The molecule has 2 aliphatic carbocycles. The zero-order valence-electron chi connectivity index (χ0n) is 16.7. The zero-order valence-corrected chi connectivity index (χ0v) is 17.5. The molecule has 0 unspecified atom stereocenters. The second-order valence-corrected chi connectivity index (χ2v) is 8.09. The monoisotopic (exact) mass is 415 g/mol. The van der Waals surface area contributed by atoms with Gasteiger partial charge in [-0.1, -0.05) is 17.8 Å². The van der Waals surface area contributed by atoms with Gasteiger partial charge in [0.1, 0.15) is 11.5 Å². The van der Waals surface area contributed by atoms with Crippen LogP contribution in [0.25, 0.3) is 11.5 Å². The standard InChI is InChI=1S/C21H25N3O4S/c1-26-16-10-11-17(18(12-16)27-2)20-22-23-21(28-20)29-13-19(25)24(15-8-9-15)14-6-4-3-5-7-14/h6,10-12,15H,3-5,7-9,13H2,1-2H3. The summed E-state index contributed by atoms with van der Waals surface area (Å²) in [6.45, 7) is 0. The van der Waals surface area contributed by atoms with Crippen LogP contribution in [0.5, 0.6) is 11.5 Å². The molecule has 1 saturated carbocycles. The maximum Gasteiger partial charge on any atom is 0.277 e. The van der Waals surface area contributed by atoms with Gasteiger partial charge >= 0.3 is 0 Å². The van der Waals surface area contributed by atoms with Gasteiger partial charge in [-0.2, -0.15) is 0 Å². The number of methoxy groups -OCH3 is 2. The van der Waals surface area contributed by atoms with Crippen molar-refractivity contribution in [2.75, 3.05) is 20.0 Å². The number of thioether (sulfide) groups is 1. The summed E-state index contributed by atoms with van der Waals surface area (Å²) in [7, 11) is 3.18. The number of nitrogens with zero attached hydrogens (tertiary/aromatic N) is 3. The average molecular weight is 416 g/mol. The van der Waals surface area contributed by atoms with Gasteiger partial charge in [-0.3, -0.25) is 4.79 Å². The molecule has 4 rings (SSSR count). The molecule has 2 aliphatic rings. The minimum Gasteiger partial charge on any atom is -0.497 e. The molecule has 1 heterocycles. The molecular weight excluding hydrogens is 390 g/mol. The highest BCUT2D eigenvalue weighted by Crippen LogP contribution is 2.36. The Hall–Kier alpha value is -2.48. The minimum absolute atomic E-state index is 0.118. The summed E-state index contributed by atoms with van der Waals surface area (Å²) in [4.78, 5) is 14.9. The van der Waals surface area contributed by atoms with E-state index in [4.69, 9.17) is 13.9 Å². The molecule has 0 bridgehead atoms. The number of amides is 1. The third-order valence-electron chi connectivity index (χ3n) is 5.12. The third-order valence-corrected chi connectivity index (χ3v) is 5.93. The number of carbonyl (C=O) groups excluding carboxylic acids is 1. The van der Waals surface area contributed by atoms with E-state index in [1.54, 1.807) is 20.3 Å². The van der Waals surface area contributed by atoms with E-state index in [2.05, 4.69) is 16.3 Å². The van der Waals surface area contributed by atoms with E-state index >= 15 is 0 Å². The highest BCUT2D eigenvalue weighted by atomic mass is 32.2. The second kappa shape index (κ2) is 8.90. The number of hydrogen-bond donors (Lipinski definition) is 0. The summed E-state index contributed by atoms with van der Waals surface area (Å²) in [6, 6.07) is 5.76. The van der Waals surface area contributed by atoms with Crippen molar-refractivity contribution in [2.45, 2.75) is 49.8 Å². The van der Waals surface area contributed by atoms with E-state index in [0.717, 1.165) is 32.1 Å². The summed E-state index contributed by atoms with van der Waals surface area (Å²) in [5.41, 5.74) is 1.88. The molecule has 0 aliphatic heterocycles. The fourth-order valence-electron chi connectivity index (χ4n) is 3.52. The molecule has 7 nitrogen and oxygen atoms in total. The molecular formula is C21H25N3O4S. The van der Waals surface area contributed by atoms with Crippen LogP contribution >= 0.6 is 11.8 Å². The smallest absolute Gasteiger partial charge is 0.277 e. The van der Waals surface area contributed by atoms with Crippen molar-refractivity contribution < 1.29 is 18.7 Å². The minimum atomic E-state index is 0.118. The molecule has 154 valence electrons. The molecule has 0 saturated heterocycles. The maximum atomic E-state index is 12.9. The molecule has 0 radical (unpaired) electrons. The summed E-state index contributed by atoms with van der Waals surface area (Å²) in [6.07, 6.45) is 8.85. The molecule has 29 heavy (non-hydrogen) atoms. The average Bonchev–Trinajstić information content (AvgIpc) is 3.48. The first-order valence-corrected chi connectivity index (χ1v) is 10.9. The molecule has 0 atom stereocenters. The fourth-order valence-corrected chi connectivity index (χ4v) is 4.14. The Morgan fingerprint density at radius 3 is 2.79 bits per heavy atom. The Labute approximate surface area is 174 Å². The quantitative estimate of drug-likeness (QED) is 0.595. The molecule has 0 N–H and O–H groups in total. The number of allylic oxidation sites excluding steroid dienone is 2. The fraction of sp³-hybridized carbons (Fsp3) is 0.476. The van der Waals surface area contributed by atoms with Crippen LogP contribution < -0.4 is 9.47 Å². The van der Waals surface area contributed by atoms with Crippen LogP contribution in [-0.2, 0) is 4.79 Å². The molecule has 8 heteroatoms. The highest BCUT2D eigenvalue weighted by molar-refractivity contribution is 7.99. The zero-order chi connectivity index (χ0) is 20.2. The molecule has 1 amide bonds. The lowest BCUT2D eigenvalue weighted by Gasteiger charge is -2.27. The summed E-state index contributed by atoms with van der Waals surface area (Å²) >= 11 is 1.28. The number of carbonyl (C=O) groups is 1. The lowest BCUT2D eigenvalue weighted by molar-refractivity contribution is -0.127. The number of hydrogen-bond acceptors (Lipinski definition) is 7. The van der Waals surface area contributed by atoms with Crippen molar-refractivity contribution in [1.82, 2.24) is 15.1 Å². The van der Waals surface area contributed by atoms with Crippen LogP contribution in [0.4, 0.5) is 0 Å². The largest absolute Gasteiger partial charge is 0.497 e. The first-order valence-electron chi connectivity index (χ1n) is 9.89. The molecule has 1 aromatic heterocycles. The van der Waals surface area contributed by atoms with Gasteiger partial charge in [0, 0.05) is 17.8 Å². The number of aromatic nitrogens is 2. The summed E-state index contributed by atoms with van der Waals surface area (Å²) < 4.78 is 16.4.